The molecule has 2 atom stereocenters. The van der Waals surface area contributed by atoms with Gasteiger partial charge in [0.05, 0.1) is 6.10 Å². The third kappa shape index (κ3) is 18.4. The molecule has 5 nitrogen and oxygen atoms in total. The van der Waals surface area contributed by atoms with Gasteiger partial charge in [-0.3, -0.25) is 5.26 Å². The van der Waals surface area contributed by atoms with Gasteiger partial charge in [-0.05, 0) is 38.5 Å². The van der Waals surface area contributed by atoms with Crippen molar-refractivity contribution in [2.24, 2.45) is 0 Å². The van der Waals surface area contributed by atoms with E-state index < -0.39 is 18.2 Å². The SMILES string of the molecule is CC/C=C\C[C@H](O)/C=C/C=C\C/C=C\C/C=C\C=C\[C@H](CCC(=O)[O-])OO. The number of carboxylic acids is 1. The molecule has 0 aliphatic heterocycles. The van der Waals surface area contributed by atoms with E-state index in [4.69, 9.17) is 5.26 Å². The van der Waals surface area contributed by atoms with Gasteiger partial charge in [-0.15, -0.1) is 0 Å². The van der Waals surface area contributed by atoms with Crippen LogP contribution in [-0.2, 0) is 9.68 Å². The fourth-order valence-corrected chi connectivity index (χ4v) is 1.97. The number of carbonyl (C=O) groups excluding carboxylic acids is 1. The first-order valence-corrected chi connectivity index (χ1v) is 9.24. The normalized spacial score (nSPS) is 15.4. The summed E-state index contributed by atoms with van der Waals surface area (Å²) < 4.78 is 0. The standard InChI is InChI=1S/C22H32O5/c1-2-3-12-15-20(23)16-13-10-8-6-4-5-7-9-11-14-17-21(27-26)18-19-22(24)25/h3-5,8-14,16-17,20-21,23,26H,2,6-7,15,18-19H2,1H3,(H,24,25)/p-1/b5-4-,10-8-,11-9-,12-3-,16-13+,17-14+/t20-,21+/m0/s1. The van der Waals surface area contributed by atoms with Crippen molar-refractivity contribution in [1.82, 2.24) is 0 Å². The summed E-state index contributed by atoms with van der Waals surface area (Å²) in [7, 11) is 0. The molecule has 0 rings (SSSR count). The van der Waals surface area contributed by atoms with Crippen LogP contribution in [0.5, 0.6) is 0 Å². The summed E-state index contributed by atoms with van der Waals surface area (Å²) in [5.74, 6) is -1.17. The maximum absolute atomic E-state index is 10.3. The van der Waals surface area contributed by atoms with Crippen LogP contribution in [0.15, 0.2) is 72.9 Å². The molecular formula is C22H31O5-. The second-order valence-corrected chi connectivity index (χ2v) is 5.81. The molecule has 5 heteroatoms. The maximum Gasteiger partial charge on any atom is 0.111 e. The molecule has 0 bridgehead atoms. The maximum atomic E-state index is 10.3. The lowest BCUT2D eigenvalue weighted by molar-refractivity contribution is -0.308. The Labute approximate surface area is 162 Å². The number of hydrogen-bond acceptors (Lipinski definition) is 5. The van der Waals surface area contributed by atoms with Crippen molar-refractivity contribution in [3.8, 4) is 0 Å². The van der Waals surface area contributed by atoms with Crippen LogP contribution in [0.25, 0.3) is 0 Å². The van der Waals surface area contributed by atoms with Crippen molar-refractivity contribution >= 4 is 5.97 Å². The molecule has 0 amide bonds. The highest BCUT2D eigenvalue weighted by Gasteiger charge is 2.03. The summed E-state index contributed by atoms with van der Waals surface area (Å²) in [5.41, 5.74) is 0. The summed E-state index contributed by atoms with van der Waals surface area (Å²) in [4.78, 5) is 14.5. The molecule has 0 saturated carbocycles. The van der Waals surface area contributed by atoms with E-state index in [-0.39, 0.29) is 12.8 Å². The van der Waals surface area contributed by atoms with Crippen LogP contribution in [0.3, 0.4) is 0 Å². The Morgan fingerprint density at radius 3 is 2.15 bits per heavy atom. The summed E-state index contributed by atoms with van der Waals surface area (Å²) in [6, 6.07) is 0. The first kappa shape index (κ1) is 24.8. The van der Waals surface area contributed by atoms with E-state index in [1.807, 2.05) is 54.7 Å². The Bertz CT molecular complexity index is 541. The molecule has 27 heavy (non-hydrogen) atoms. The van der Waals surface area contributed by atoms with E-state index in [1.165, 1.54) is 0 Å². The van der Waals surface area contributed by atoms with Gasteiger partial charge in [0.25, 0.3) is 0 Å². The Morgan fingerprint density at radius 2 is 1.59 bits per heavy atom. The molecule has 0 aromatic rings. The predicted molar refractivity (Wildman–Crippen MR) is 107 cm³/mol. The molecule has 0 spiro atoms. The van der Waals surface area contributed by atoms with Crippen molar-refractivity contribution in [1.29, 1.82) is 0 Å². The number of carbonyl (C=O) groups is 1. The zero-order valence-corrected chi connectivity index (χ0v) is 15.9. The molecule has 0 aromatic carbocycles. The highest BCUT2D eigenvalue weighted by molar-refractivity contribution is 5.64. The van der Waals surface area contributed by atoms with Crippen molar-refractivity contribution in [2.45, 2.75) is 57.7 Å². The molecule has 0 aliphatic rings. The van der Waals surface area contributed by atoms with E-state index in [0.29, 0.717) is 6.42 Å². The third-order valence-corrected chi connectivity index (χ3v) is 3.41. The molecular weight excluding hydrogens is 344 g/mol. The molecule has 0 aromatic heterocycles. The largest absolute Gasteiger partial charge is 0.550 e. The number of rotatable bonds is 15. The van der Waals surface area contributed by atoms with E-state index in [1.54, 1.807) is 18.2 Å². The minimum Gasteiger partial charge on any atom is -0.550 e. The lowest BCUT2D eigenvalue weighted by Crippen LogP contribution is -2.23. The monoisotopic (exact) mass is 375 g/mol. The van der Waals surface area contributed by atoms with Gasteiger partial charge in [0.2, 0.25) is 0 Å². The Kier molecular flexibility index (Phi) is 17.1. The Balaban J connectivity index is 3.90. The zero-order chi connectivity index (χ0) is 20.2. The van der Waals surface area contributed by atoms with Crippen LogP contribution in [0.4, 0.5) is 0 Å². The Hall–Kier alpha value is -2.21. The van der Waals surface area contributed by atoms with Crippen molar-refractivity contribution in [3.63, 3.8) is 0 Å². The number of hydrogen-bond donors (Lipinski definition) is 2. The average molecular weight is 375 g/mol. The Morgan fingerprint density at radius 1 is 0.963 bits per heavy atom. The highest BCUT2D eigenvalue weighted by Crippen LogP contribution is 2.03. The lowest BCUT2D eigenvalue weighted by atomic mass is 10.2. The van der Waals surface area contributed by atoms with Crippen LogP contribution < -0.4 is 5.11 Å². The number of carboxylic acid groups (broad SMARTS) is 1. The second kappa shape index (κ2) is 18.6. The average Bonchev–Trinajstić information content (AvgIpc) is 2.65. The highest BCUT2D eigenvalue weighted by atomic mass is 17.1. The quantitative estimate of drug-likeness (QED) is 0.197. The minimum atomic E-state index is -1.17. The van der Waals surface area contributed by atoms with Crippen LogP contribution in [-0.4, -0.2) is 28.5 Å². The van der Waals surface area contributed by atoms with Crippen LogP contribution in [0.2, 0.25) is 0 Å². The number of allylic oxidation sites excluding steroid dienone is 9. The van der Waals surface area contributed by atoms with E-state index in [0.717, 1.165) is 19.3 Å². The molecule has 0 unspecified atom stereocenters. The molecule has 0 saturated heterocycles. The summed E-state index contributed by atoms with van der Waals surface area (Å²) in [6.45, 7) is 2.06. The van der Waals surface area contributed by atoms with Gasteiger partial charge in [-0.25, -0.2) is 4.89 Å². The van der Waals surface area contributed by atoms with Gasteiger partial charge in [0.15, 0.2) is 0 Å². The summed E-state index contributed by atoms with van der Waals surface area (Å²) in [6.07, 6.45) is 24.8. The zero-order valence-electron chi connectivity index (χ0n) is 15.9. The first-order chi connectivity index (χ1) is 13.1. The smallest absolute Gasteiger partial charge is 0.111 e. The summed E-state index contributed by atoms with van der Waals surface area (Å²) in [5, 5.41) is 28.7. The van der Waals surface area contributed by atoms with Crippen LogP contribution in [0, 0.1) is 0 Å². The molecule has 2 N–H and O–H groups in total. The third-order valence-electron chi connectivity index (χ3n) is 3.41. The molecule has 0 radical (unpaired) electrons. The van der Waals surface area contributed by atoms with Gasteiger partial charge >= 0.3 is 0 Å². The minimum absolute atomic E-state index is 0.163. The predicted octanol–water partition coefficient (Wildman–Crippen LogP) is 3.65. The van der Waals surface area contributed by atoms with Gasteiger partial charge < -0.3 is 15.0 Å². The summed E-state index contributed by atoms with van der Waals surface area (Å²) >= 11 is 0. The van der Waals surface area contributed by atoms with Crippen molar-refractivity contribution < 1.29 is 25.2 Å². The lowest BCUT2D eigenvalue weighted by Gasteiger charge is -2.08. The van der Waals surface area contributed by atoms with Crippen molar-refractivity contribution in [3.05, 3.63) is 72.9 Å². The molecule has 0 aliphatic carbocycles. The van der Waals surface area contributed by atoms with E-state index >= 15 is 0 Å². The second-order valence-electron chi connectivity index (χ2n) is 5.81. The van der Waals surface area contributed by atoms with E-state index in [2.05, 4.69) is 11.8 Å². The topological polar surface area (TPSA) is 89.8 Å². The fourth-order valence-electron chi connectivity index (χ4n) is 1.97. The first-order valence-electron chi connectivity index (χ1n) is 9.24. The molecule has 0 fully saturated rings. The van der Waals surface area contributed by atoms with Gasteiger partial charge in [0, 0.05) is 5.97 Å². The van der Waals surface area contributed by atoms with Crippen LogP contribution >= 0.6 is 0 Å². The van der Waals surface area contributed by atoms with E-state index in [9.17, 15) is 15.0 Å². The molecule has 0 heterocycles. The molecule has 150 valence electrons. The van der Waals surface area contributed by atoms with Gasteiger partial charge in [-0.2, -0.15) is 0 Å². The fraction of sp³-hybridized carbons (Fsp3) is 0.409. The number of aliphatic hydroxyl groups excluding tert-OH is 1. The number of aliphatic carboxylic acids is 1. The van der Waals surface area contributed by atoms with Gasteiger partial charge in [-0.1, -0.05) is 79.8 Å². The number of aliphatic hydroxyl groups is 1. The van der Waals surface area contributed by atoms with Crippen molar-refractivity contribution in [2.75, 3.05) is 0 Å². The van der Waals surface area contributed by atoms with Gasteiger partial charge in [0.1, 0.15) is 6.10 Å². The van der Waals surface area contributed by atoms with Crippen LogP contribution in [0.1, 0.15) is 45.4 Å².